The van der Waals surface area contributed by atoms with Gasteiger partial charge >= 0.3 is 0 Å². The van der Waals surface area contributed by atoms with E-state index in [1.165, 1.54) is 20.3 Å². The van der Waals surface area contributed by atoms with E-state index in [-0.39, 0.29) is 41.8 Å². The number of H-pyrrole nitrogens is 1. The second kappa shape index (κ2) is 10.1. The lowest BCUT2D eigenvalue weighted by molar-refractivity contribution is 0.146. The van der Waals surface area contributed by atoms with E-state index in [4.69, 9.17) is 14.2 Å². The fraction of sp³-hybridized carbons (Fsp3) is 0.200. The fourth-order valence-corrected chi connectivity index (χ4v) is 3.44. The number of nitrogens with zero attached hydrogens (tertiary/aromatic N) is 4. The molecule has 2 N–H and O–H groups in total. The molecule has 0 bridgehead atoms. The number of nitriles is 1. The summed E-state index contributed by atoms with van der Waals surface area (Å²) in [7, 11) is -1.99. The minimum Gasteiger partial charge on any atom is -0.495 e. The van der Waals surface area contributed by atoms with Gasteiger partial charge in [-0.15, -0.1) is 10.2 Å². The Morgan fingerprint density at radius 1 is 1.12 bits per heavy atom. The maximum atomic E-state index is 12.8. The highest BCUT2D eigenvalue weighted by atomic mass is 32.2. The average Bonchev–Trinajstić information content (AvgIpc) is 3.13. The van der Waals surface area contributed by atoms with Crippen LogP contribution in [-0.2, 0) is 14.9 Å². The number of aromatic nitrogens is 2. The second-order valence-corrected chi connectivity index (χ2v) is 7.80. The molecule has 0 atom stereocenters. The van der Waals surface area contributed by atoms with Crippen LogP contribution < -0.4 is 15.0 Å². The highest BCUT2D eigenvalue weighted by Gasteiger charge is 2.22. The van der Waals surface area contributed by atoms with Crippen molar-refractivity contribution in [3.05, 3.63) is 58.5 Å². The molecule has 0 aliphatic carbocycles. The first-order valence-electron chi connectivity index (χ1n) is 9.33. The summed E-state index contributed by atoms with van der Waals surface area (Å²) in [6.45, 7) is 0.304. The highest BCUT2D eigenvalue weighted by molar-refractivity contribution is 7.86. The zero-order valence-corrected chi connectivity index (χ0v) is 18.4. The summed E-state index contributed by atoms with van der Waals surface area (Å²) in [6.07, 6.45) is 0. The second-order valence-electron chi connectivity index (χ2n) is 6.41. The van der Waals surface area contributed by atoms with Gasteiger partial charge in [0.25, 0.3) is 15.7 Å². The molecular weight excluding hydrogens is 454 g/mol. The molecule has 1 heterocycles. The molecule has 0 saturated carbocycles. The summed E-state index contributed by atoms with van der Waals surface area (Å²) < 4.78 is 49.7. The maximum Gasteiger partial charge on any atom is 0.300 e. The molecule has 0 aliphatic rings. The Kier molecular flexibility index (Phi) is 7.23. The molecule has 0 aliphatic heterocycles. The smallest absolute Gasteiger partial charge is 0.300 e. The van der Waals surface area contributed by atoms with E-state index < -0.39 is 20.6 Å². The third kappa shape index (κ3) is 5.26. The van der Waals surface area contributed by atoms with Crippen LogP contribution in [0.3, 0.4) is 0 Å². The Hall–Kier alpha value is -3.99. The van der Waals surface area contributed by atoms with Gasteiger partial charge in [0.15, 0.2) is 17.1 Å². The normalized spacial score (nSPS) is 11.5. The van der Waals surface area contributed by atoms with Crippen molar-refractivity contribution < 1.29 is 27.2 Å². The van der Waals surface area contributed by atoms with Gasteiger partial charge in [-0.3, -0.25) is 14.4 Å². The van der Waals surface area contributed by atoms with Crippen LogP contribution in [0, 0.1) is 11.3 Å². The number of methoxy groups -OCH3 is 2. The van der Waals surface area contributed by atoms with Crippen molar-refractivity contribution in [2.75, 3.05) is 27.4 Å². The van der Waals surface area contributed by atoms with Crippen molar-refractivity contribution in [3.8, 4) is 23.3 Å². The predicted molar refractivity (Wildman–Crippen MR) is 115 cm³/mol. The standard InChI is InChI=1S/C20H19N5O7S/c1-30-8-9-32-16-11-17(31-2)18(33(27,28)29)10-14(16)22-23-19-15(12-21)24-25(20(19)26)13-6-4-3-5-7-13/h3-7,10-11,24H,8-9H2,1-2H3,(H,27,28,29). The maximum absolute atomic E-state index is 12.8. The molecule has 0 amide bonds. The molecule has 3 rings (SSSR count). The third-order valence-corrected chi connectivity index (χ3v) is 5.19. The van der Waals surface area contributed by atoms with Crippen LogP contribution in [-0.4, -0.2) is 50.2 Å². The van der Waals surface area contributed by atoms with Gasteiger partial charge in [0.1, 0.15) is 29.0 Å². The van der Waals surface area contributed by atoms with Gasteiger partial charge < -0.3 is 14.2 Å². The number of benzene rings is 2. The van der Waals surface area contributed by atoms with E-state index in [0.717, 1.165) is 10.7 Å². The molecule has 2 aromatic carbocycles. The first-order chi connectivity index (χ1) is 15.8. The van der Waals surface area contributed by atoms with E-state index in [9.17, 15) is 23.0 Å². The van der Waals surface area contributed by atoms with Gasteiger partial charge in [0.2, 0.25) is 0 Å². The number of ether oxygens (including phenoxy) is 3. The summed E-state index contributed by atoms with van der Waals surface area (Å²) in [5.41, 5.74) is -0.754. The quantitative estimate of drug-likeness (QED) is 0.271. The van der Waals surface area contributed by atoms with Crippen LogP contribution in [0.15, 0.2) is 62.4 Å². The van der Waals surface area contributed by atoms with Crippen LogP contribution in [0.1, 0.15) is 5.69 Å². The summed E-state index contributed by atoms with van der Waals surface area (Å²) in [4.78, 5) is 12.2. The first kappa shape index (κ1) is 23.7. The number of nitrogens with one attached hydrogen (secondary N) is 1. The van der Waals surface area contributed by atoms with Gasteiger partial charge in [-0.2, -0.15) is 13.7 Å². The lowest BCUT2D eigenvalue weighted by atomic mass is 10.3. The number of hydrogen-bond acceptors (Lipinski definition) is 9. The first-order valence-corrected chi connectivity index (χ1v) is 10.8. The molecular formula is C20H19N5O7S. The SMILES string of the molecule is COCCOc1cc(OC)c(S(=O)(=O)O)cc1N=Nc1c(C#N)[nH]n(-c2ccccc2)c1=O. The Morgan fingerprint density at radius 2 is 1.85 bits per heavy atom. The number of aromatic amines is 1. The molecule has 0 saturated heterocycles. The number of rotatable bonds is 9. The Labute approximate surface area is 188 Å². The van der Waals surface area contributed by atoms with Crippen LogP contribution >= 0.6 is 0 Å². The fourth-order valence-electron chi connectivity index (χ4n) is 2.78. The minimum absolute atomic E-state index is 0.0532. The molecule has 1 aromatic heterocycles. The van der Waals surface area contributed by atoms with E-state index >= 15 is 0 Å². The molecule has 172 valence electrons. The predicted octanol–water partition coefficient (Wildman–Crippen LogP) is 2.73. The van der Waals surface area contributed by atoms with E-state index in [1.807, 2.05) is 6.07 Å². The lowest BCUT2D eigenvalue weighted by Gasteiger charge is -2.12. The topological polar surface area (TPSA) is 168 Å². The van der Waals surface area contributed by atoms with E-state index in [2.05, 4.69) is 15.3 Å². The van der Waals surface area contributed by atoms with Crippen molar-refractivity contribution in [1.82, 2.24) is 9.78 Å². The minimum atomic E-state index is -4.68. The zero-order valence-electron chi connectivity index (χ0n) is 17.5. The van der Waals surface area contributed by atoms with E-state index in [0.29, 0.717) is 5.69 Å². The van der Waals surface area contributed by atoms with Crippen molar-refractivity contribution in [2.24, 2.45) is 10.2 Å². The largest absolute Gasteiger partial charge is 0.495 e. The third-order valence-electron chi connectivity index (χ3n) is 4.32. The van der Waals surface area contributed by atoms with Crippen molar-refractivity contribution in [1.29, 1.82) is 5.26 Å². The van der Waals surface area contributed by atoms with Gasteiger partial charge in [0.05, 0.1) is 19.4 Å². The zero-order chi connectivity index (χ0) is 24.0. The average molecular weight is 473 g/mol. The molecule has 12 nitrogen and oxygen atoms in total. The van der Waals surface area contributed by atoms with Crippen molar-refractivity contribution >= 4 is 21.5 Å². The molecule has 0 fully saturated rings. The Morgan fingerprint density at radius 3 is 2.45 bits per heavy atom. The summed E-state index contributed by atoms with van der Waals surface area (Å²) >= 11 is 0. The summed E-state index contributed by atoms with van der Waals surface area (Å²) in [5.74, 6) is -0.132. The number of para-hydroxylation sites is 1. The van der Waals surface area contributed by atoms with Gasteiger partial charge in [-0.25, -0.2) is 4.68 Å². The lowest BCUT2D eigenvalue weighted by Crippen LogP contribution is -2.13. The molecule has 33 heavy (non-hydrogen) atoms. The summed E-state index contributed by atoms with van der Waals surface area (Å²) in [6, 6.07) is 12.5. The Bertz CT molecular complexity index is 1370. The molecule has 13 heteroatoms. The van der Waals surface area contributed by atoms with Gasteiger partial charge in [-0.1, -0.05) is 18.2 Å². The molecule has 0 unspecified atom stereocenters. The van der Waals surface area contributed by atoms with Crippen LogP contribution in [0.5, 0.6) is 11.5 Å². The van der Waals surface area contributed by atoms with E-state index in [1.54, 1.807) is 30.3 Å². The number of azo groups is 1. The molecule has 3 aromatic rings. The summed E-state index contributed by atoms with van der Waals surface area (Å²) in [5, 5.41) is 19.9. The molecule has 0 spiro atoms. The Balaban J connectivity index is 2.12. The van der Waals surface area contributed by atoms with Crippen molar-refractivity contribution in [3.63, 3.8) is 0 Å². The van der Waals surface area contributed by atoms with Gasteiger partial charge in [0, 0.05) is 13.2 Å². The monoisotopic (exact) mass is 473 g/mol. The van der Waals surface area contributed by atoms with Crippen LogP contribution in [0.2, 0.25) is 0 Å². The number of hydrogen-bond donors (Lipinski definition) is 2. The van der Waals surface area contributed by atoms with Crippen LogP contribution in [0.25, 0.3) is 5.69 Å². The molecule has 0 radical (unpaired) electrons. The highest BCUT2D eigenvalue weighted by Crippen LogP contribution is 2.38. The van der Waals surface area contributed by atoms with Crippen LogP contribution in [0.4, 0.5) is 11.4 Å². The van der Waals surface area contributed by atoms with Crippen molar-refractivity contribution in [2.45, 2.75) is 4.90 Å². The van der Waals surface area contributed by atoms with Gasteiger partial charge in [-0.05, 0) is 18.2 Å².